The number of rotatable bonds is 2. The number of hydrogen-bond donors (Lipinski definition) is 3. The lowest BCUT2D eigenvalue weighted by molar-refractivity contribution is -0.115. The van der Waals surface area contributed by atoms with Crippen molar-refractivity contribution in [3.63, 3.8) is 0 Å². The molecule has 1 aliphatic heterocycles. The van der Waals surface area contributed by atoms with Gasteiger partial charge in [0.1, 0.15) is 11.3 Å². The predicted molar refractivity (Wildman–Crippen MR) is 68.1 cm³/mol. The SMILES string of the molecule is Cc1[nH]nc(-c2ccc3c(c2)CC(=O)N3)c1C(=O)O. The number of carbonyl (C=O) groups excluding carboxylic acids is 1. The fraction of sp³-hybridized carbons (Fsp3) is 0.154. The van der Waals surface area contributed by atoms with E-state index in [0.717, 1.165) is 11.3 Å². The van der Waals surface area contributed by atoms with Crippen LogP contribution in [0.4, 0.5) is 5.69 Å². The van der Waals surface area contributed by atoms with Crippen LogP contribution in [-0.2, 0) is 11.2 Å². The summed E-state index contributed by atoms with van der Waals surface area (Å²) in [6.45, 7) is 1.67. The molecule has 6 nitrogen and oxygen atoms in total. The van der Waals surface area contributed by atoms with Gasteiger partial charge >= 0.3 is 5.97 Å². The number of H-pyrrole nitrogens is 1. The Bertz CT molecular complexity index is 703. The number of aryl methyl sites for hydroxylation is 1. The van der Waals surface area contributed by atoms with E-state index < -0.39 is 5.97 Å². The minimum absolute atomic E-state index is 0.0520. The van der Waals surface area contributed by atoms with Crippen molar-refractivity contribution in [2.24, 2.45) is 0 Å². The lowest BCUT2D eigenvalue weighted by Gasteiger charge is -2.03. The molecule has 0 saturated carbocycles. The molecule has 1 amide bonds. The monoisotopic (exact) mass is 257 g/mol. The number of carboxylic acid groups (broad SMARTS) is 1. The molecule has 6 heteroatoms. The number of amides is 1. The van der Waals surface area contributed by atoms with Crippen LogP contribution in [-0.4, -0.2) is 27.2 Å². The van der Waals surface area contributed by atoms with Crippen molar-refractivity contribution in [2.45, 2.75) is 13.3 Å². The molecule has 96 valence electrons. The smallest absolute Gasteiger partial charge is 0.339 e. The molecule has 0 spiro atoms. The Kier molecular flexibility index (Phi) is 2.38. The molecule has 0 bridgehead atoms. The Morgan fingerprint density at radius 3 is 2.95 bits per heavy atom. The maximum absolute atomic E-state index is 11.3. The zero-order chi connectivity index (χ0) is 13.6. The lowest BCUT2D eigenvalue weighted by Crippen LogP contribution is -2.03. The Balaban J connectivity index is 2.12. The average molecular weight is 257 g/mol. The van der Waals surface area contributed by atoms with Gasteiger partial charge in [-0.3, -0.25) is 9.89 Å². The minimum atomic E-state index is -1.02. The number of carboxylic acids is 1. The average Bonchev–Trinajstić information content (AvgIpc) is 2.89. The van der Waals surface area contributed by atoms with E-state index in [0.29, 0.717) is 23.4 Å². The molecule has 0 unspecified atom stereocenters. The van der Waals surface area contributed by atoms with Gasteiger partial charge in [-0.25, -0.2) is 4.79 Å². The quantitative estimate of drug-likeness (QED) is 0.761. The second-order valence-corrected chi connectivity index (χ2v) is 4.47. The largest absolute Gasteiger partial charge is 0.478 e. The van der Waals surface area contributed by atoms with Crippen LogP contribution in [0.2, 0.25) is 0 Å². The minimum Gasteiger partial charge on any atom is -0.478 e. The number of aromatic amines is 1. The Labute approximate surface area is 108 Å². The first-order chi connectivity index (χ1) is 9.06. The lowest BCUT2D eigenvalue weighted by atomic mass is 10.0. The van der Waals surface area contributed by atoms with Crippen molar-refractivity contribution in [1.29, 1.82) is 0 Å². The van der Waals surface area contributed by atoms with E-state index >= 15 is 0 Å². The van der Waals surface area contributed by atoms with Crippen molar-refractivity contribution < 1.29 is 14.7 Å². The number of nitrogens with zero attached hydrogens (tertiary/aromatic N) is 1. The number of anilines is 1. The molecule has 0 fully saturated rings. The molecule has 1 aliphatic rings. The molecule has 2 aromatic rings. The van der Waals surface area contributed by atoms with Crippen LogP contribution in [0.5, 0.6) is 0 Å². The Morgan fingerprint density at radius 2 is 2.21 bits per heavy atom. The number of fused-ring (bicyclic) bond motifs is 1. The zero-order valence-electron chi connectivity index (χ0n) is 10.2. The number of aromatic carboxylic acids is 1. The van der Waals surface area contributed by atoms with E-state index in [9.17, 15) is 14.7 Å². The summed E-state index contributed by atoms with van der Waals surface area (Å²) in [5.74, 6) is -1.07. The van der Waals surface area contributed by atoms with Crippen molar-refractivity contribution in [3.05, 3.63) is 35.0 Å². The number of carbonyl (C=O) groups is 2. The summed E-state index contributed by atoms with van der Waals surface area (Å²) in [7, 11) is 0. The van der Waals surface area contributed by atoms with Gasteiger partial charge in [-0.2, -0.15) is 5.10 Å². The third kappa shape index (κ3) is 1.77. The summed E-state index contributed by atoms with van der Waals surface area (Å²) < 4.78 is 0. The fourth-order valence-electron chi connectivity index (χ4n) is 2.28. The molecule has 3 rings (SSSR count). The molecule has 3 N–H and O–H groups in total. The highest BCUT2D eigenvalue weighted by molar-refractivity contribution is 6.00. The van der Waals surface area contributed by atoms with E-state index in [1.165, 1.54) is 0 Å². The standard InChI is InChI=1S/C13H11N3O3/c1-6-11(13(18)19)12(16-15-6)7-2-3-9-8(4-7)5-10(17)14-9/h2-4H,5H2,1H3,(H,14,17)(H,15,16)(H,18,19). The van der Waals surface area contributed by atoms with Crippen LogP contribution in [0, 0.1) is 6.92 Å². The van der Waals surface area contributed by atoms with Gasteiger partial charge < -0.3 is 10.4 Å². The number of benzene rings is 1. The molecule has 0 aliphatic carbocycles. The third-order valence-corrected chi connectivity index (χ3v) is 3.16. The zero-order valence-corrected chi connectivity index (χ0v) is 10.2. The molecule has 19 heavy (non-hydrogen) atoms. The van der Waals surface area contributed by atoms with Gasteiger partial charge in [0.05, 0.1) is 6.42 Å². The Morgan fingerprint density at radius 1 is 1.42 bits per heavy atom. The number of aromatic nitrogens is 2. The number of hydrogen-bond acceptors (Lipinski definition) is 3. The summed E-state index contributed by atoms with van der Waals surface area (Å²) in [6, 6.07) is 5.33. The second kappa shape index (κ2) is 3.94. The van der Waals surface area contributed by atoms with Crippen LogP contribution in [0.25, 0.3) is 11.3 Å². The van der Waals surface area contributed by atoms with Crippen LogP contribution in [0.1, 0.15) is 21.6 Å². The first-order valence-electron chi connectivity index (χ1n) is 5.77. The van der Waals surface area contributed by atoms with Crippen LogP contribution >= 0.6 is 0 Å². The van der Waals surface area contributed by atoms with E-state index in [-0.39, 0.29) is 11.5 Å². The van der Waals surface area contributed by atoms with E-state index in [2.05, 4.69) is 15.5 Å². The third-order valence-electron chi connectivity index (χ3n) is 3.16. The van der Waals surface area contributed by atoms with Crippen molar-refractivity contribution in [2.75, 3.05) is 5.32 Å². The molecule has 0 radical (unpaired) electrons. The molecule has 0 atom stereocenters. The molecule has 2 heterocycles. The van der Waals surface area contributed by atoms with Crippen LogP contribution in [0.15, 0.2) is 18.2 Å². The van der Waals surface area contributed by atoms with Crippen molar-refractivity contribution in [1.82, 2.24) is 10.2 Å². The first-order valence-corrected chi connectivity index (χ1v) is 5.77. The van der Waals surface area contributed by atoms with Gasteiger partial charge in [0.25, 0.3) is 0 Å². The summed E-state index contributed by atoms with van der Waals surface area (Å²) in [6.07, 6.45) is 0.314. The summed E-state index contributed by atoms with van der Waals surface area (Å²) in [4.78, 5) is 22.5. The van der Waals surface area contributed by atoms with Crippen LogP contribution in [0.3, 0.4) is 0 Å². The van der Waals surface area contributed by atoms with Gasteiger partial charge in [-0.05, 0) is 24.6 Å². The normalized spacial score (nSPS) is 13.2. The fourth-order valence-corrected chi connectivity index (χ4v) is 2.28. The maximum atomic E-state index is 11.3. The van der Waals surface area contributed by atoms with Gasteiger partial charge in [-0.15, -0.1) is 0 Å². The van der Waals surface area contributed by atoms with Gasteiger partial charge in [0.15, 0.2) is 0 Å². The van der Waals surface area contributed by atoms with Crippen LogP contribution < -0.4 is 5.32 Å². The van der Waals surface area contributed by atoms with E-state index in [1.807, 2.05) is 0 Å². The van der Waals surface area contributed by atoms with Gasteiger partial charge in [0.2, 0.25) is 5.91 Å². The van der Waals surface area contributed by atoms with Crippen molar-refractivity contribution in [3.8, 4) is 11.3 Å². The highest BCUT2D eigenvalue weighted by Crippen LogP contribution is 2.30. The molecular weight excluding hydrogens is 246 g/mol. The van der Waals surface area contributed by atoms with Gasteiger partial charge in [-0.1, -0.05) is 6.07 Å². The predicted octanol–water partition coefficient (Wildman–Crippen LogP) is 1.58. The molecular formula is C13H11N3O3. The second-order valence-electron chi connectivity index (χ2n) is 4.47. The molecule has 0 saturated heterocycles. The van der Waals surface area contributed by atoms with Gasteiger partial charge in [0, 0.05) is 16.9 Å². The maximum Gasteiger partial charge on any atom is 0.339 e. The van der Waals surface area contributed by atoms with E-state index in [1.54, 1.807) is 25.1 Å². The number of nitrogens with one attached hydrogen (secondary N) is 2. The van der Waals surface area contributed by atoms with Crippen molar-refractivity contribution >= 4 is 17.6 Å². The molecule has 1 aromatic carbocycles. The topological polar surface area (TPSA) is 95.1 Å². The highest BCUT2D eigenvalue weighted by Gasteiger charge is 2.22. The summed E-state index contributed by atoms with van der Waals surface area (Å²) >= 11 is 0. The van der Waals surface area contributed by atoms with E-state index in [4.69, 9.17) is 0 Å². The first kappa shape index (κ1) is 11.5. The highest BCUT2D eigenvalue weighted by atomic mass is 16.4. The summed E-state index contributed by atoms with van der Waals surface area (Å²) in [5, 5.41) is 18.7. The Hall–Kier alpha value is -2.63. The summed E-state index contributed by atoms with van der Waals surface area (Å²) in [5.41, 5.74) is 3.40. The molecule has 1 aromatic heterocycles.